The Morgan fingerprint density at radius 1 is 1.30 bits per heavy atom. The fourth-order valence-corrected chi connectivity index (χ4v) is 3.56. The summed E-state index contributed by atoms with van der Waals surface area (Å²) in [5.41, 5.74) is 0.936. The molecule has 0 amide bonds. The monoisotopic (exact) mass is 331 g/mol. The summed E-state index contributed by atoms with van der Waals surface area (Å²) in [7, 11) is 0. The molecule has 4 nitrogen and oxygen atoms in total. The van der Waals surface area contributed by atoms with E-state index in [1.165, 1.54) is 6.33 Å². The highest BCUT2D eigenvalue weighted by Gasteiger charge is 2.48. The zero-order chi connectivity index (χ0) is 16.5. The zero-order valence-electron chi connectivity index (χ0n) is 13.5. The minimum absolute atomic E-state index is 0.226. The number of rotatable bonds is 3. The maximum Gasteiger partial charge on any atom is 0.137 e. The number of nitrogens with one attached hydrogen (secondary N) is 1. The van der Waals surface area contributed by atoms with E-state index in [0.29, 0.717) is 17.3 Å². The maximum absolute atomic E-state index is 11.6. The zero-order valence-corrected chi connectivity index (χ0v) is 14.3. The van der Waals surface area contributed by atoms with Crippen molar-refractivity contribution in [1.29, 1.82) is 0 Å². The van der Waals surface area contributed by atoms with Crippen molar-refractivity contribution in [1.82, 2.24) is 15.2 Å². The van der Waals surface area contributed by atoms with Gasteiger partial charge in [-0.15, -0.1) is 0 Å². The number of H-pyrrole nitrogens is 1. The van der Waals surface area contributed by atoms with Crippen molar-refractivity contribution < 1.29 is 5.11 Å². The molecular weight excluding hydrogens is 310 g/mol. The number of hydrogen-bond donors (Lipinski definition) is 2. The Morgan fingerprint density at radius 3 is 2.70 bits per heavy atom. The minimum Gasteiger partial charge on any atom is -0.384 e. The van der Waals surface area contributed by atoms with E-state index in [9.17, 15) is 5.11 Å². The van der Waals surface area contributed by atoms with Crippen LogP contribution in [0.4, 0.5) is 0 Å². The fourth-order valence-electron chi connectivity index (χ4n) is 3.43. The topological polar surface area (TPSA) is 61.8 Å². The molecule has 1 aromatic carbocycles. The molecule has 1 aliphatic rings. The Morgan fingerprint density at radius 2 is 2.04 bits per heavy atom. The third kappa shape index (κ3) is 3.19. The molecule has 5 heteroatoms. The summed E-state index contributed by atoms with van der Waals surface area (Å²) in [5.74, 6) is 0.712. The van der Waals surface area contributed by atoms with Gasteiger partial charge in [0.05, 0.1) is 5.60 Å². The molecule has 2 N–H and O–H groups in total. The third-order valence-corrected chi connectivity index (χ3v) is 5.25. The van der Waals surface area contributed by atoms with E-state index in [-0.39, 0.29) is 5.41 Å². The van der Waals surface area contributed by atoms with Crippen LogP contribution in [0.15, 0.2) is 36.2 Å². The Labute approximate surface area is 141 Å². The standard InChI is InChI=1S/C18H22ClN3O/c1-17(2)9-3-4-14(10-13-5-7-15(19)8-6-13)18(17,23)11-16-20-12-21-22-16/h5-8,10,12,23H,3-4,9,11H2,1-2H3,(H,20,21,22). The Hall–Kier alpha value is -1.65. The molecule has 1 atom stereocenters. The van der Waals surface area contributed by atoms with Crippen molar-refractivity contribution in [2.45, 2.75) is 45.1 Å². The van der Waals surface area contributed by atoms with Crippen molar-refractivity contribution in [2.24, 2.45) is 5.41 Å². The predicted molar refractivity (Wildman–Crippen MR) is 92.1 cm³/mol. The summed E-state index contributed by atoms with van der Waals surface area (Å²) in [5, 5.41) is 19.1. The van der Waals surface area contributed by atoms with Gasteiger partial charge in [0.25, 0.3) is 0 Å². The highest BCUT2D eigenvalue weighted by atomic mass is 35.5. The average Bonchev–Trinajstić information content (AvgIpc) is 2.99. The van der Waals surface area contributed by atoms with Crippen LogP contribution in [-0.4, -0.2) is 25.9 Å². The summed E-state index contributed by atoms with van der Waals surface area (Å²) < 4.78 is 0. The highest BCUT2D eigenvalue weighted by Crippen LogP contribution is 2.48. The van der Waals surface area contributed by atoms with Crippen molar-refractivity contribution >= 4 is 17.7 Å². The highest BCUT2D eigenvalue weighted by molar-refractivity contribution is 6.30. The van der Waals surface area contributed by atoms with Gasteiger partial charge >= 0.3 is 0 Å². The second kappa shape index (κ2) is 6.10. The van der Waals surface area contributed by atoms with Gasteiger partial charge < -0.3 is 5.11 Å². The number of aliphatic hydroxyl groups is 1. The third-order valence-electron chi connectivity index (χ3n) is 5.00. The SMILES string of the molecule is CC1(C)CCCC(=Cc2ccc(Cl)cc2)C1(O)Cc1ncn[nH]1. The van der Waals surface area contributed by atoms with Gasteiger partial charge in [0.1, 0.15) is 12.2 Å². The lowest BCUT2D eigenvalue weighted by Gasteiger charge is -2.48. The molecule has 1 unspecified atom stereocenters. The number of nitrogens with zero attached hydrogens (tertiary/aromatic N) is 2. The smallest absolute Gasteiger partial charge is 0.137 e. The van der Waals surface area contributed by atoms with Crippen molar-refractivity contribution in [3.05, 3.63) is 52.6 Å². The minimum atomic E-state index is -0.940. The van der Waals surface area contributed by atoms with Crippen LogP contribution in [-0.2, 0) is 6.42 Å². The Bertz CT molecular complexity index is 692. The van der Waals surface area contributed by atoms with Gasteiger partial charge in [-0.05, 0) is 47.9 Å². The molecule has 3 rings (SSSR count). The molecule has 0 bridgehead atoms. The fraction of sp³-hybridized carbons (Fsp3) is 0.444. The van der Waals surface area contributed by atoms with Crippen molar-refractivity contribution in [2.75, 3.05) is 0 Å². The molecule has 0 radical (unpaired) electrons. The van der Waals surface area contributed by atoms with Crippen LogP contribution in [0.5, 0.6) is 0 Å². The quantitative estimate of drug-likeness (QED) is 0.892. The van der Waals surface area contributed by atoms with E-state index in [0.717, 1.165) is 30.4 Å². The molecule has 122 valence electrons. The Kier molecular flexibility index (Phi) is 4.30. The van der Waals surface area contributed by atoms with Crippen molar-refractivity contribution in [3.8, 4) is 0 Å². The molecule has 23 heavy (non-hydrogen) atoms. The van der Waals surface area contributed by atoms with E-state index < -0.39 is 5.60 Å². The van der Waals surface area contributed by atoms with E-state index in [2.05, 4.69) is 35.1 Å². The van der Waals surface area contributed by atoms with Crippen LogP contribution in [0.1, 0.15) is 44.5 Å². The Balaban J connectivity index is 2.00. The molecule has 1 fully saturated rings. The molecule has 0 saturated heterocycles. The van der Waals surface area contributed by atoms with E-state index in [4.69, 9.17) is 11.6 Å². The first-order chi connectivity index (χ1) is 10.9. The summed E-state index contributed by atoms with van der Waals surface area (Å²) >= 11 is 5.96. The summed E-state index contributed by atoms with van der Waals surface area (Å²) in [4.78, 5) is 4.20. The van der Waals surface area contributed by atoms with Gasteiger partial charge in [-0.3, -0.25) is 5.10 Å². The number of hydrogen-bond acceptors (Lipinski definition) is 3. The van der Waals surface area contributed by atoms with Crippen LogP contribution in [0.3, 0.4) is 0 Å². The number of halogens is 1. The molecule has 2 aromatic rings. The normalized spacial score (nSPS) is 25.7. The first kappa shape index (κ1) is 16.2. The molecule has 1 saturated carbocycles. The molecule has 1 aliphatic carbocycles. The van der Waals surface area contributed by atoms with Crippen LogP contribution < -0.4 is 0 Å². The second-order valence-corrected chi connectivity index (χ2v) is 7.36. The summed E-state index contributed by atoms with van der Waals surface area (Å²) in [6.45, 7) is 4.25. The van der Waals surface area contributed by atoms with Gasteiger partial charge in [0.2, 0.25) is 0 Å². The number of benzene rings is 1. The lowest BCUT2D eigenvalue weighted by atomic mass is 9.61. The molecule has 1 heterocycles. The second-order valence-electron chi connectivity index (χ2n) is 6.93. The van der Waals surface area contributed by atoms with E-state index >= 15 is 0 Å². The van der Waals surface area contributed by atoms with Gasteiger partial charge in [-0.2, -0.15) is 5.10 Å². The van der Waals surface area contributed by atoms with Crippen LogP contribution in [0, 0.1) is 5.41 Å². The van der Waals surface area contributed by atoms with Gasteiger partial charge in [-0.1, -0.05) is 43.7 Å². The van der Waals surface area contributed by atoms with E-state index in [1.807, 2.05) is 24.3 Å². The lowest BCUT2D eigenvalue weighted by Crippen LogP contribution is -2.50. The summed E-state index contributed by atoms with van der Waals surface area (Å²) in [6.07, 6.45) is 6.96. The molecule has 0 spiro atoms. The number of aromatic nitrogens is 3. The van der Waals surface area contributed by atoms with Crippen LogP contribution >= 0.6 is 11.6 Å². The van der Waals surface area contributed by atoms with Gasteiger partial charge in [-0.25, -0.2) is 4.98 Å². The van der Waals surface area contributed by atoms with Crippen LogP contribution in [0.2, 0.25) is 5.02 Å². The molecule has 0 aliphatic heterocycles. The van der Waals surface area contributed by atoms with Crippen LogP contribution in [0.25, 0.3) is 6.08 Å². The van der Waals surface area contributed by atoms with Gasteiger partial charge in [0.15, 0.2) is 0 Å². The van der Waals surface area contributed by atoms with Gasteiger partial charge in [0, 0.05) is 11.4 Å². The lowest BCUT2D eigenvalue weighted by molar-refractivity contribution is -0.0555. The predicted octanol–water partition coefficient (Wildman–Crippen LogP) is 4.03. The summed E-state index contributed by atoms with van der Waals surface area (Å²) in [6, 6.07) is 7.70. The first-order valence-corrected chi connectivity index (χ1v) is 8.32. The largest absolute Gasteiger partial charge is 0.384 e. The molecular formula is C18H22ClN3O. The molecule has 1 aromatic heterocycles. The maximum atomic E-state index is 11.6. The van der Waals surface area contributed by atoms with Crippen molar-refractivity contribution in [3.63, 3.8) is 0 Å². The first-order valence-electron chi connectivity index (χ1n) is 7.94. The number of aromatic amines is 1. The average molecular weight is 332 g/mol. The van der Waals surface area contributed by atoms with E-state index in [1.54, 1.807) is 0 Å².